The molecule has 0 saturated carbocycles. The Balaban J connectivity index is -0.0000000257. The van der Waals surface area contributed by atoms with Crippen molar-refractivity contribution in [3.63, 3.8) is 0 Å². The largest absolute Gasteiger partial charge is 0.397 e. The van der Waals surface area contributed by atoms with E-state index in [0.717, 1.165) is 0 Å². The van der Waals surface area contributed by atoms with Gasteiger partial charge < -0.3 is 15.5 Å². The fourth-order valence-corrected chi connectivity index (χ4v) is 0. The minimum absolute atomic E-state index is 0. The SMILES string of the molecule is CCO.CCO.CNC.[Ta]. The molecule has 0 atom stereocenters. The van der Waals surface area contributed by atoms with E-state index < -0.39 is 0 Å². The summed E-state index contributed by atoms with van der Waals surface area (Å²) in [5, 5.41) is 17.9. The van der Waals surface area contributed by atoms with Crippen LogP contribution in [0.2, 0.25) is 0 Å². The second-order valence-corrected chi connectivity index (χ2v) is 1.13. The molecule has 0 bridgehead atoms. The van der Waals surface area contributed by atoms with Crippen LogP contribution >= 0.6 is 0 Å². The van der Waals surface area contributed by atoms with Crippen LogP contribution in [0.1, 0.15) is 13.8 Å². The number of nitrogens with one attached hydrogen (secondary N) is 1. The van der Waals surface area contributed by atoms with Crippen molar-refractivity contribution in [3.05, 3.63) is 0 Å². The van der Waals surface area contributed by atoms with E-state index in [1.807, 2.05) is 14.1 Å². The maximum absolute atomic E-state index is 7.57. The van der Waals surface area contributed by atoms with Crippen molar-refractivity contribution >= 4 is 0 Å². The zero-order valence-electron chi connectivity index (χ0n) is 7.26. The first-order chi connectivity index (χ1) is 4.24. The molecular weight excluding hydrogens is 299 g/mol. The molecule has 10 heavy (non-hydrogen) atoms. The summed E-state index contributed by atoms with van der Waals surface area (Å²) in [6.45, 7) is 3.86. The molecule has 0 aliphatic rings. The first kappa shape index (κ1) is 22.4. The van der Waals surface area contributed by atoms with Crippen molar-refractivity contribution in [1.82, 2.24) is 5.32 Å². The van der Waals surface area contributed by atoms with Gasteiger partial charge in [-0.2, -0.15) is 0 Å². The Morgan fingerprint density at radius 1 is 1.00 bits per heavy atom. The molecule has 4 heteroatoms. The van der Waals surface area contributed by atoms with Gasteiger partial charge in [-0.15, -0.1) is 0 Å². The van der Waals surface area contributed by atoms with E-state index in [0.29, 0.717) is 0 Å². The second-order valence-electron chi connectivity index (χ2n) is 1.13. The third-order valence-corrected chi connectivity index (χ3v) is 0. The van der Waals surface area contributed by atoms with Gasteiger partial charge in [-0.25, -0.2) is 0 Å². The Kier molecular flexibility index (Phi) is 122. The number of hydrogen-bond donors (Lipinski definition) is 3. The van der Waals surface area contributed by atoms with Gasteiger partial charge in [-0.3, -0.25) is 0 Å². The number of hydrogen-bond acceptors (Lipinski definition) is 3. The number of aliphatic hydroxyl groups excluding tert-OH is 2. The Labute approximate surface area is 79.3 Å². The van der Waals surface area contributed by atoms with Crippen molar-refractivity contribution in [1.29, 1.82) is 0 Å². The maximum atomic E-state index is 7.57. The summed E-state index contributed by atoms with van der Waals surface area (Å²) in [6.07, 6.45) is 0. The van der Waals surface area contributed by atoms with Crippen molar-refractivity contribution in [2.24, 2.45) is 0 Å². The minimum atomic E-state index is 0. The Morgan fingerprint density at radius 3 is 1.00 bits per heavy atom. The Hall–Kier alpha value is 0.620. The van der Waals surface area contributed by atoms with Crippen molar-refractivity contribution in [3.8, 4) is 0 Å². The normalized spacial score (nSPS) is 5.40. The summed E-state index contributed by atoms with van der Waals surface area (Å²) in [4.78, 5) is 0. The van der Waals surface area contributed by atoms with E-state index in [-0.39, 0.29) is 35.6 Å². The summed E-state index contributed by atoms with van der Waals surface area (Å²) in [5.41, 5.74) is 0. The summed E-state index contributed by atoms with van der Waals surface area (Å²) < 4.78 is 0. The van der Waals surface area contributed by atoms with Crippen molar-refractivity contribution in [2.75, 3.05) is 27.3 Å². The monoisotopic (exact) mass is 318 g/mol. The molecule has 0 rings (SSSR count). The average molecular weight is 318 g/mol. The zero-order chi connectivity index (χ0) is 8.12. The van der Waals surface area contributed by atoms with Crippen LogP contribution in [0.15, 0.2) is 0 Å². The molecule has 0 aromatic heterocycles. The van der Waals surface area contributed by atoms with E-state index >= 15 is 0 Å². The molecule has 3 nitrogen and oxygen atoms in total. The first-order valence-electron chi connectivity index (χ1n) is 3.05. The van der Waals surface area contributed by atoms with E-state index in [9.17, 15) is 0 Å². The zero-order valence-corrected chi connectivity index (χ0v) is 10.5. The molecule has 0 heterocycles. The van der Waals surface area contributed by atoms with Gasteiger partial charge in [-0.05, 0) is 27.9 Å². The van der Waals surface area contributed by atoms with Gasteiger partial charge in [0.2, 0.25) is 0 Å². The molecule has 0 aliphatic carbocycles. The Bertz CT molecular complexity index is 20.5. The van der Waals surface area contributed by atoms with Crippen molar-refractivity contribution in [2.45, 2.75) is 13.8 Å². The van der Waals surface area contributed by atoms with Crippen LogP contribution in [-0.2, 0) is 22.4 Å². The quantitative estimate of drug-likeness (QED) is 0.581. The molecule has 0 fully saturated rings. The van der Waals surface area contributed by atoms with Crippen molar-refractivity contribution < 1.29 is 32.6 Å². The minimum Gasteiger partial charge on any atom is -0.397 e. The molecule has 0 spiro atoms. The average Bonchev–Trinajstić information content (AvgIpc) is 1.70. The van der Waals surface area contributed by atoms with Crippen LogP contribution < -0.4 is 5.32 Å². The molecule has 0 unspecified atom stereocenters. The van der Waals surface area contributed by atoms with Gasteiger partial charge in [0.25, 0.3) is 0 Å². The maximum Gasteiger partial charge on any atom is 0.0402 e. The van der Waals surface area contributed by atoms with Crippen LogP contribution in [0.3, 0.4) is 0 Å². The molecule has 0 aromatic carbocycles. The smallest absolute Gasteiger partial charge is 0.0402 e. The van der Waals surface area contributed by atoms with Gasteiger partial charge in [-0.1, -0.05) is 0 Å². The standard InChI is InChI=1S/C2H7N.2C2H6O.Ta/c1-3-2;2*1-2-3;/h3H,1-2H3;2*3H,2H2,1H3;. The van der Waals surface area contributed by atoms with Gasteiger partial charge in [0, 0.05) is 35.6 Å². The number of aliphatic hydroxyl groups is 2. The molecule has 0 aliphatic heterocycles. The molecule has 0 saturated heterocycles. The van der Waals surface area contributed by atoms with Gasteiger partial charge in [0.1, 0.15) is 0 Å². The summed E-state index contributed by atoms with van der Waals surface area (Å²) >= 11 is 0. The van der Waals surface area contributed by atoms with Gasteiger partial charge in [0.15, 0.2) is 0 Å². The van der Waals surface area contributed by atoms with Crippen LogP contribution in [0, 0.1) is 0 Å². The first-order valence-corrected chi connectivity index (χ1v) is 3.05. The molecule has 0 amide bonds. The third kappa shape index (κ3) is 1300. The molecule has 0 aromatic rings. The van der Waals surface area contributed by atoms with Crippen LogP contribution in [0.5, 0.6) is 0 Å². The predicted molar refractivity (Wildman–Crippen MR) is 40.5 cm³/mol. The van der Waals surface area contributed by atoms with E-state index in [1.165, 1.54) is 0 Å². The molecule has 65 valence electrons. The number of rotatable bonds is 0. The van der Waals surface area contributed by atoms with E-state index in [1.54, 1.807) is 13.8 Å². The second kappa shape index (κ2) is 54.5. The third-order valence-electron chi connectivity index (χ3n) is 0. The van der Waals surface area contributed by atoms with E-state index in [4.69, 9.17) is 10.2 Å². The molecular formula is C6H19NO2Ta. The summed E-state index contributed by atoms with van der Waals surface area (Å²) in [5.74, 6) is 0. The van der Waals surface area contributed by atoms with Crippen LogP contribution in [0.25, 0.3) is 0 Å². The van der Waals surface area contributed by atoms with Gasteiger partial charge in [0.05, 0.1) is 0 Å². The molecule has 3 N–H and O–H groups in total. The van der Waals surface area contributed by atoms with E-state index in [2.05, 4.69) is 5.32 Å². The predicted octanol–water partition coefficient (Wildman–Crippen LogP) is -0.170. The van der Waals surface area contributed by atoms with Gasteiger partial charge >= 0.3 is 0 Å². The Morgan fingerprint density at radius 2 is 1.00 bits per heavy atom. The van der Waals surface area contributed by atoms with Crippen LogP contribution in [0.4, 0.5) is 0 Å². The summed E-state index contributed by atoms with van der Waals surface area (Å²) in [6, 6.07) is 0. The fourth-order valence-electron chi connectivity index (χ4n) is 0. The van der Waals surface area contributed by atoms with Crippen LogP contribution in [-0.4, -0.2) is 37.5 Å². The summed E-state index contributed by atoms with van der Waals surface area (Å²) in [7, 11) is 3.75. The molecule has 1 radical (unpaired) electrons. The topological polar surface area (TPSA) is 52.5 Å². The fraction of sp³-hybridized carbons (Fsp3) is 1.00.